The fraction of sp³-hybridized carbons (Fsp3) is 0.280. The molecule has 0 unspecified atom stereocenters. The molecule has 0 saturated heterocycles. The third-order valence-electron chi connectivity index (χ3n) is 5.17. The summed E-state index contributed by atoms with van der Waals surface area (Å²) in [6.07, 6.45) is 1.53. The minimum Gasteiger partial charge on any atom is -0.479 e. The second-order valence-electron chi connectivity index (χ2n) is 7.11. The van der Waals surface area contributed by atoms with Gasteiger partial charge in [-0.15, -0.1) is 0 Å². The topological polar surface area (TPSA) is 53.9 Å². The van der Waals surface area contributed by atoms with Gasteiger partial charge in [0.05, 0.1) is 10.7 Å². The van der Waals surface area contributed by atoms with Crippen molar-refractivity contribution in [2.45, 2.75) is 33.3 Å². The Kier molecular flexibility index (Phi) is 8.06. The van der Waals surface area contributed by atoms with Crippen molar-refractivity contribution in [2.24, 2.45) is 5.10 Å². The smallest absolute Gasteiger partial charge is 0.281 e. The van der Waals surface area contributed by atoms with E-state index in [0.717, 1.165) is 33.9 Å². The summed E-state index contributed by atoms with van der Waals surface area (Å²) in [7, 11) is 0. The fourth-order valence-electron chi connectivity index (χ4n) is 3.38. The maximum absolute atomic E-state index is 12.6. The van der Waals surface area contributed by atoms with Gasteiger partial charge in [0.1, 0.15) is 5.75 Å². The Morgan fingerprint density at radius 2 is 1.77 bits per heavy atom. The second-order valence-corrected chi connectivity index (χ2v) is 7.90. The van der Waals surface area contributed by atoms with Gasteiger partial charge in [-0.1, -0.05) is 49.4 Å². The number of anilines is 1. The number of ether oxygens (including phenoxy) is 1. The second kappa shape index (κ2) is 11.0. The van der Waals surface area contributed by atoms with Gasteiger partial charge >= 0.3 is 0 Å². The average molecular weight is 482 g/mol. The van der Waals surface area contributed by atoms with E-state index in [0.29, 0.717) is 12.2 Å². The summed E-state index contributed by atoms with van der Waals surface area (Å²) in [5, 5.41) is 6.26. The van der Waals surface area contributed by atoms with Crippen LogP contribution in [0, 0.1) is 0 Å². The molecular formula is C25H28BrN3O2. The van der Waals surface area contributed by atoms with Crippen LogP contribution in [0.4, 0.5) is 5.69 Å². The zero-order valence-electron chi connectivity index (χ0n) is 18.1. The molecule has 1 N–H and O–H groups in total. The number of nitrogens with one attached hydrogen (secondary N) is 1. The van der Waals surface area contributed by atoms with E-state index in [-0.39, 0.29) is 5.91 Å². The van der Waals surface area contributed by atoms with Crippen molar-refractivity contribution in [3.05, 3.63) is 70.7 Å². The van der Waals surface area contributed by atoms with Crippen molar-refractivity contribution in [1.82, 2.24) is 5.43 Å². The average Bonchev–Trinajstić information content (AvgIpc) is 2.80. The lowest BCUT2D eigenvalue weighted by molar-refractivity contribution is -0.128. The largest absolute Gasteiger partial charge is 0.479 e. The SMILES string of the molecule is CC[C@@H](Oc1ccc2ccccc2c1Br)C(=O)N/N=C\c1ccc(N(CC)CC)cc1. The molecule has 0 aromatic heterocycles. The minimum atomic E-state index is -0.639. The van der Waals surface area contributed by atoms with Crippen molar-refractivity contribution < 1.29 is 9.53 Å². The van der Waals surface area contributed by atoms with E-state index in [2.05, 4.69) is 57.3 Å². The van der Waals surface area contributed by atoms with E-state index in [4.69, 9.17) is 4.74 Å². The molecule has 5 nitrogen and oxygen atoms in total. The highest BCUT2D eigenvalue weighted by Crippen LogP contribution is 2.33. The van der Waals surface area contributed by atoms with Crippen LogP contribution in [-0.2, 0) is 4.79 Å². The Balaban J connectivity index is 1.63. The minimum absolute atomic E-state index is 0.279. The van der Waals surface area contributed by atoms with Gasteiger partial charge in [-0.2, -0.15) is 5.10 Å². The maximum atomic E-state index is 12.6. The summed E-state index contributed by atoms with van der Waals surface area (Å²) in [6, 6.07) is 20.0. The van der Waals surface area contributed by atoms with Crippen molar-refractivity contribution in [3.63, 3.8) is 0 Å². The summed E-state index contributed by atoms with van der Waals surface area (Å²) >= 11 is 3.61. The highest BCUT2D eigenvalue weighted by Gasteiger charge is 2.19. The van der Waals surface area contributed by atoms with Gasteiger partial charge in [0.2, 0.25) is 0 Å². The van der Waals surface area contributed by atoms with Crippen LogP contribution >= 0.6 is 15.9 Å². The van der Waals surface area contributed by atoms with E-state index in [1.165, 1.54) is 5.69 Å². The van der Waals surface area contributed by atoms with Gasteiger partial charge in [-0.25, -0.2) is 5.43 Å². The molecular weight excluding hydrogens is 454 g/mol. The number of fused-ring (bicyclic) bond motifs is 1. The lowest BCUT2D eigenvalue weighted by atomic mass is 10.1. The van der Waals surface area contributed by atoms with Crippen LogP contribution < -0.4 is 15.1 Å². The molecule has 6 heteroatoms. The first-order valence-electron chi connectivity index (χ1n) is 10.6. The predicted molar refractivity (Wildman–Crippen MR) is 132 cm³/mol. The zero-order valence-corrected chi connectivity index (χ0v) is 19.7. The normalized spacial score (nSPS) is 12.1. The molecule has 0 radical (unpaired) electrons. The molecule has 0 saturated carbocycles. The number of rotatable bonds is 9. The van der Waals surface area contributed by atoms with Crippen LogP contribution in [0.1, 0.15) is 32.8 Å². The molecule has 1 amide bonds. The van der Waals surface area contributed by atoms with E-state index < -0.39 is 6.10 Å². The molecule has 162 valence electrons. The molecule has 3 aromatic rings. The number of amides is 1. The van der Waals surface area contributed by atoms with E-state index >= 15 is 0 Å². The third kappa shape index (κ3) is 5.64. The van der Waals surface area contributed by atoms with Crippen LogP contribution in [0.25, 0.3) is 10.8 Å². The Labute approximate surface area is 192 Å². The number of hydrogen-bond acceptors (Lipinski definition) is 4. The van der Waals surface area contributed by atoms with Crippen LogP contribution in [0.15, 0.2) is 70.2 Å². The summed E-state index contributed by atoms with van der Waals surface area (Å²) in [5.74, 6) is 0.357. The fourth-order valence-corrected chi connectivity index (χ4v) is 3.97. The third-order valence-corrected chi connectivity index (χ3v) is 5.99. The molecule has 0 spiro atoms. The maximum Gasteiger partial charge on any atom is 0.281 e. The summed E-state index contributed by atoms with van der Waals surface area (Å²) in [4.78, 5) is 14.9. The number of benzene rings is 3. The summed E-state index contributed by atoms with van der Waals surface area (Å²) < 4.78 is 6.84. The van der Waals surface area contributed by atoms with Crippen LogP contribution in [0.5, 0.6) is 5.75 Å². The van der Waals surface area contributed by atoms with Crippen molar-refractivity contribution in [2.75, 3.05) is 18.0 Å². The number of halogens is 1. The molecule has 0 fully saturated rings. The lowest BCUT2D eigenvalue weighted by Crippen LogP contribution is -2.35. The van der Waals surface area contributed by atoms with Crippen LogP contribution in [0.2, 0.25) is 0 Å². The highest BCUT2D eigenvalue weighted by molar-refractivity contribution is 9.10. The van der Waals surface area contributed by atoms with Gasteiger partial charge in [-0.3, -0.25) is 4.79 Å². The molecule has 31 heavy (non-hydrogen) atoms. The number of nitrogens with zero attached hydrogens (tertiary/aromatic N) is 2. The molecule has 0 heterocycles. The van der Waals surface area contributed by atoms with Crippen molar-refractivity contribution in [1.29, 1.82) is 0 Å². The monoisotopic (exact) mass is 481 g/mol. The Morgan fingerprint density at radius 1 is 1.06 bits per heavy atom. The first kappa shape index (κ1) is 22.8. The number of carbonyl (C=O) groups is 1. The standard InChI is InChI=1S/C25H28BrN3O2/c1-4-22(31-23-16-13-19-9-7-8-10-21(19)24(23)26)25(30)28-27-17-18-11-14-20(15-12-18)29(5-2)6-3/h7-17,22H,4-6H2,1-3H3,(H,28,30)/b27-17-/t22-/m1/s1. The summed E-state index contributed by atoms with van der Waals surface area (Å²) in [5.41, 5.74) is 4.69. The number of carbonyl (C=O) groups excluding carboxylic acids is 1. The van der Waals surface area contributed by atoms with Gasteiger partial charge < -0.3 is 9.64 Å². The number of hydrogen-bond donors (Lipinski definition) is 1. The molecule has 0 aliphatic heterocycles. The van der Waals surface area contributed by atoms with Gasteiger partial charge in [0.15, 0.2) is 6.10 Å². The van der Waals surface area contributed by atoms with E-state index in [9.17, 15) is 4.79 Å². The predicted octanol–water partition coefficient (Wildman–Crippen LogP) is 5.76. The first-order valence-corrected chi connectivity index (χ1v) is 11.4. The Morgan fingerprint density at radius 3 is 2.45 bits per heavy atom. The Hall–Kier alpha value is -2.86. The Bertz CT molecular complexity index is 1050. The quantitative estimate of drug-likeness (QED) is 0.312. The highest BCUT2D eigenvalue weighted by atomic mass is 79.9. The van der Waals surface area contributed by atoms with Crippen LogP contribution in [0.3, 0.4) is 0 Å². The molecule has 0 bridgehead atoms. The molecule has 3 aromatic carbocycles. The summed E-state index contributed by atoms with van der Waals surface area (Å²) in [6.45, 7) is 8.11. The first-order chi connectivity index (χ1) is 15.1. The van der Waals surface area contributed by atoms with Crippen molar-refractivity contribution in [3.8, 4) is 5.75 Å². The van der Waals surface area contributed by atoms with Crippen molar-refractivity contribution >= 4 is 44.5 Å². The van der Waals surface area contributed by atoms with E-state index in [1.54, 1.807) is 6.21 Å². The van der Waals surface area contributed by atoms with Gasteiger partial charge in [0.25, 0.3) is 5.91 Å². The molecule has 0 aliphatic rings. The number of hydrazone groups is 1. The van der Waals surface area contributed by atoms with Gasteiger partial charge in [0, 0.05) is 18.8 Å². The van der Waals surface area contributed by atoms with Gasteiger partial charge in [-0.05, 0) is 70.7 Å². The van der Waals surface area contributed by atoms with Crippen LogP contribution in [-0.4, -0.2) is 31.3 Å². The molecule has 0 aliphatic carbocycles. The molecule has 1 atom stereocenters. The lowest BCUT2D eigenvalue weighted by Gasteiger charge is -2.20. The molecule has 3 rings (SSSR count). The zero-order chi connectivity index (χ0) is 22.2. The van der Waals surface area contributed by atoms with E-state index in [1.807, 2.05) is 55.5 Å².